The summed E-state index contributed by atoms with van der Waals surface area (Å²) in [4.78, 5) is 32.6. The lowest BCUT2D eigenvalue weighted by molar-refractivity contribution is -0.119. The van der Waals surface area contributed by atoms with Crippen LogP contribution in [0.2, 0.25) is 10.0 Å². The number of hydrogen-bond acceptors (Lipinski definition) is 5. The van der Waals surface area contributed by atoms with Gasteiger partial charge in [0.05, 0.1) is 11.1 Å². The first-order valence-corrected chi connectivity index (χ1v) is 11.3. The van der Waals surface area contributed by atoms with Gasteiger partial charge in [-0.05, 0) is 37.2 Å². The van der Waals surface area contributed by atoms with E-state index in [-0.39, 0.29) is 0 Å². The average Bonchev–Trinajstić information content (AvgIpc) is 2.75. The Labute approximate surface area is 196 Å². The van der Waals surface area contributed by atoms with Gasteiger partial charge in [0.25, 0.3) is 5.91 Å². The lowest BCUT2D eigenvalue weighted by atomic mass is 9.95. The van der Waals surface area contributed by atoms with Crippen molar-refractivity contribution in [2.75, 3.05) is 25.0 Å². The van der Waals surface area contributed by atoms with Crippen molar-refractivity contribution in [1.82, 2.24) is 9.88 Å². The van der Waals surface area contributed by atoms with E-state index in [0.29, 0.717) is 27.8 Å². The zero-order chi connectivity index (χ0) is 22.7. The zero-order valence-corrected chi connectivity index (χ0v) is 19.2. The van der Waals surface area contributed by atoms with Gasteiger partial charge in [-0.2, -0.15) is 0 Å². The van der Waals surface area contributed by atoms with Crippen LogP contribution in [-0.4, -0.2) is 41.5 Å². The lowest BCUT2D eigenvalue weighted by Crippen LogP contribution is -2.33. The summed E-state index contributed by atoms with van der Waals surface area (Å²) in [6.07, 6.45) is 1.81. The third-order valence-corrected chi connectivity index (χ3v) is 5.79. The minimum atomic E-state index is -0.530. The number of nitrogens with zero attached hydrogens (tertiary/aromatic N) is 2. The van der Waals surface area contributed by atoms with Gasteiger partial charge in [-0.25, -0.2) is 4.79 Å². The zero-order valence-electron chi connectivity index (χ0n) is 17.7. The van der Waals surface area contributed by atoms with Crippen LogP contribution in [0, 0.1) is 0 Å². The molecule has 0 atom stereocenters. The fourth-order valence-corrected chi connectivity index (χ4v) is 4.54. The molecule has 0 radical (unpaired) electrons. The Morgan fingerprint density at radius 2 is 1.91 bits per heavy atom. The monoisotopic (exact) mass is 471 g/mol. The number of rotatable bonds is 6. The van der Waals surface area contributed by atoms with Crippen molar-refractivity contribution in [3.05, 3.63) is 69.3 Å². The van der Waals surface area contributed by atoms with Crippen molar-refractivity contribution < 1.29 is 14.3 Å². The minimum Gasteiger partial charge on any atom is -0.452 e. The summed E-state index contributed by atoms with van der Waals surface area (Å²) in [7, 11) is 0. The van der Waals surface area contributed by atoms with Gasteiger partial charge in [0.1, 0.15) is 0 Å². The van der Waals surface area contributed by atoms with Crippen LogP contribution in [0.15, 0.2) is 42.5 Å². The predicted octanol–water partition coefficient (Wildman–Crippen LogP) is 5.11. The van der Waals surface area contributed by atoms with E-state index in [1.807, 2.05) is 24.3 Å². The standard InChI is InChI=1S/C24H23Cl2N3O3/c1-2-8-29-9-7-21-19(13-29)23(18-5-3-4-6-20(18)28-21)24(31)32-14-22(30)27-17-11-15(25)10-16(26)12-17/h3-6,10-12H,2,7-9,13-14H2,1H3,(H,27,30). The summed E-state index contributed by atoms with van der Waals surface area (Å²) >= 11 is 11.9. The van der Waals surface area contributed by atoms with Gasteiger partial charge in [-0.15, -0.1) is 0 Å². The molecule has 2 heterocycles. The number of esters is 1. The molecule has 0 aliphatic carbocycles. The van der Waals surface area contributed by atoms with Crippen LogP contribution in [0.1, 0.15) is 35.0 Å². The normalized spacial score (nSPS) is 13.6. The highest BCUT2D eigenvalue weighted by Gasteiger charge is 2.26. The molecular formula is C24H23Cl2N3O3. The number of amides is 1. The Morgan fingerprint density at radius 1 is 1.16 bits per heavy atom. The molecule has 6 nitrogen and oxygen atoms in total. The second kappa shape index (κ2) is 9.86. The summed E-state index contributed by atoms with van der Waals surface area (Å²) in [5, 5.41) is 4.18. The minimum absolute atomic E-state index is 0.399. The summed E-state index contributed by atoms with van der Waals surface area (Å²) < 4.78 is 5.43. The summed E-state index contributed by atoms with van der Waals surface area (Å²) in [5.74, 6) is -1.01. The molecule has 0 spiro atoms. The number of para-hydroxylation sites is 1. The molecule has 1 aromatic heterocycles. The number of nitrogens with one attached hydrogen (secondary N) is 1. The van der Waals surface area contributed by atoms with E-state index in [1.165, 1.54) is 0 Å². The summed E-state index contributed by atoms with van der Waals surface area (Å²) in [5.41, 5.74) is 3.48. The number of carbonyl (C=O) groups excluding carboxylic acids is 2. The van der Waals surface area contributed by atoms with E-state index in [2.05, 4.69) is 17.1 Å². The molecule has 0 fully saturated rings. The van der Waals surface area contributed by atoms with Gasteiger partial charge in [0, 0.05) is 51.9 Å². The molecule has 3 aromatic rings. The SMILES string of the molecule is CCCN1CCc2nc3ccccc3c(C(=O)OCC(=O)Nc3cc(Cl)cc(Cl)c3)c2C1. The van der Waals surface area contributed by atoms with Crippen molar-refractivity contribution in [3.63, 3.8) is 0 Å². The van der Waals surface area contributed by atoms with Crippen LogP contribution in [0.25, 0.3) is 10.9 Å². The van der Waals surface area contributed by atoms with Gasteiger partial charge in [0.15, 0.2) is 6.61 Å². The highest BCUT2D eigenvalue weighted by molar-refractivity contribution is 6.35. The highest BCUT2D eigenvalue weighted by Crippen LogP contribution is 2.29. The fraction of sp³-hybridized carbons (Fsp3) is 0.292. The molecule has 2 aromatic carbocycles. The summed E-state index contributed by atoms with van der Waals surface area (Å²) in [6.45, 7) is 4.21. The third kappa shape index (κ3) is 5.04. The van der Waals surface area contributed by atoms with E-state index in [1.54, 1.807) is 18.2 Å². The van der Waals surface area contributed by atoms with Gasteiger partial charge in [-0.3, -0.25) is 14.7 Å². The lowest BCUT2D eigenvalue weighted by Gasteiger charge is -2.29. The first kappa shape index (κ1) is 22.5. The van der Waals surface area contributed by atoms with Crippen LogP contribution >= 0.6 is 23.2 Å². The first-order valence-electron chi connectivity index (χ1n) is 10.5. The number of carbonyl (C=O) groups is 2. The Bertz CT molecular complexity index is 1160. The van der Waals surface area contributed by atoms with Crippen LogP contribution in [0.5, 0.6) is 0 Å². The predicted molar refractivity (Wildman–Crippen MR) is 126 cm³/mol. The molecule has 0 saturated carbocycles. The van der Waals surface area contributed by atoms with Crippen LogP contribution < -0.4 is 5.32 Å². The van der Waals surface area contributed by atoms with Crippen LogP contribution in [0.4, 0.5) is 5.69 Å². The quantitative estimate of drug-likeness (QED) is 0.506. The van der Waals surface area contributed by atoms with Crippen molar-refractivity contribution in [2.24, 2.45) is 0 Å². The van der Waals surface area contributed by atoms with Crippen molar-refractivity contribution >= 4 is 51.7 Å². The van der Waals surface area contributed by atoms with E-state index < -0.39 is 18.5 Å². The number of hydrogen-bond donors (Lipinski definition) is 1. The van der Waals surface area contributed by atoms with Crippen LogP contribution in [-0.2, 0) is 22.5 Å². The number of anilines is 1. The van der Waals surface area contributed by atoms with Gasteiger partial charge >= 0.3 is 5.97 Å². The second-order valence-electron chi connectivity index (χ2n) is 7.74. The van der Waals surface area contributed by atoms with Crippen LogP contribution in [0.3, 0.4) is 0 Å². The second-order valence-corrected chi connectivity index (χ2v) is 8.61. The van der Waals surface area contributed by atoms with E-state index >= 15 is 0 Å². The number of benzene rings is 2. The third-order valence-electron chi connectivity index (χ3n) is 5.35. The summed E-state index contributed by atoms with van der Waals surface area (Å²) in [6, 6.07) is 12.2. The van der Waals surface area contributed by atoms with E-state index in [9.17, 15) is 9.59 Å². The Kier molecular flexibility index (Phi) is 6.94. The maximum atomic E-state index is 13.2. The molecular weight excluding hydrogens is 449 g/mol. The van der Waals surface area contributed by atoms with Crippen molar-refractivity contribution in [1.29, 1.82) is 0 Å². The molecule has 4 rings (SSSR count). The molecule has 0 bridgehead atoms. The molecule has 0 saturated heterocycles. The molecule has 0 unspecified atom stereocenters. The fourth-order valence-electron chi connectivity index (χ4n) is 4.01. The number of halogens is 2. The van der Waals surface area contributed by atoms with Gasteiger partial charge in [0.2, 0.25) is 0 Å². The first-order chi connectivity index (χ1) is 15.4. The largest absolute Gasteiger partial charge is 0.452 e. The molecule has 8 heteroatoms. The van der Waals surface area contributed by atoms with Gasteiger partial charge < -0.3 is 10.1 Å². The number of aromatic nitrogens is 1. The van der Waals surface area contributed by atoms with Crippen molar-refractivity contribution in [2.45, 2.75) is 26.3 Å². The maximum Gasteiger partial charge on any atom is 0.339 e. The topological polar surface area (TPSA) is 71.5 Å². The number of fused-ring (bicyclic) bond motifs is 2. The Hall–Kier alpha value is -2.67. The average molecular weight is 472 g/mol. The molecule has 1 N–H and O–H groups in total. The highest BCUT2D eigenvalue weighted by atomic mass is 35.5. The number of ether oxygens (including phenoxy) is 1. The molecule has 1 aliphatic rings. The van der Waals surface area contributed by atoms with Gasteiger partial charge in [-0.1, -0.05) is 48.3 Å². The van der Waals surface area contributed by atoms with E-state index in [4.69, 9.17) is 32.9 Å². The molecule has 32 heavy (non-hydrogen) atoms. The smallest absolute Gasteiger partial charge is 0.339 e. The Balaban J connectivity index is 1.56. The molecule has 1 aliphatic heterocycles. The maximum absolute atomic E-state index is 13.2. The number of pyridine rings is 1. The molecule has 166 valence electrons. The Morgan fingerprint density at radius 3 is 2.66 bits per heavy atom. The molecule has 1 amide bonds. The van der Waals surface area contributed by atoms with E-state index in [0.717, 1.165) is 48.1 Å². The van der Waals surface area contributed by atoms with Crippen molar-refractivity contribution in [3.8, 4) is 0 Å².